The highest BCUT2D eigenvalue weighted by Gasteiger charge is 2.23. The molecule has 28 heavy (non-hydrogen) atoms. The van der Waals surface area contributed by atoms with Gasteiger partial charge in [0.25, 0.3) is 0 Å². The first-order valence-electron chi connectivity index (χ1n) is 9.40. The van der Waals surface area contributed by atoms with Gasteiger partial charge in [0.15, 0.2) is 0 Å². The molecule has 2 amide bonds. The maximum absolute atomic E-state index is 12.5. The van der Waals surface area contributed by atoms with E-state index in [-0.39, 0.29) is 31.0 Å². The third-order valence-corrected chi connectivity index (χ3v) is 4.10. The van der Waals surface area contributed by atoms with E-state index in [1.165, 1.54) is 0 Å². The number of hydrogen-bond donors (Lipinski definition) is 1. The van der Waals surface area contributed by atoms with Crippen molar-refractivity contribution in [1.29, 1.82) is 0 Å². The maximum Gasteiger partial charge on any atom is 0.409 e. The molecule has 0 aromatic heterocycles. The first-order chi connectivity index (χ1) is 13.1. The predicted octanol–water partition coefficient (Wildman–Crippen LogP) is -0.799. The molecule has 0 bridgehead atoms. The molecule has 1 saturated heterocycles. The summed E-state index contributed by atoms with van der Waals surface area (Å²) >= 11 is 0. The van der Waals surface area contributed by atoms with Crippen LogP contribution in [0.2, 0.25) is 0 Å². The minimum absolute atomic E-state index is 0. The average molecular weight is 415 g/mol. The number of halogens is 1. The van der Waals surface area contributed by atoms with Gasteiger partial charge in [0.05, 0.1) is 32.1 Å². The lowest BCUT2D eigenvalue weighted by Crippen LogP contribution is -3.00. The minimum Gasteiger partial charge on any atom is -1.00 e. The summed E-state index contributed by atoms with van der Waals surface area (Å²) in [4.78, 5) is 27.9. The molecule has 0 saturated carbocycles. The fourth-order valence-corrected chi connectivity index (χ4v) is 2.84. The molecule has 0 aliphatic carbocycles. The van der Waals surface area contributed by atoms with E-state index in [9.17, 15) is 9.59 Å². The van der Waals surface area contributed by atoms with E-state index in [0.717, 1.165) is 0 Å². The van der Waals surface area contributed by atoms with Crippen molar-refractivity contribution in [2.75, 3.05) is 57.9 Å². The number of hydrogen-bond acceptors (Lipinski definition) is 6. The Morgan fingerprint density at radius 3 is 2.29 bits per heavy atom. The molecular formula is C19H29ClN3O5-. The monoisotopic (exact) mass is 414 g/mol. The van der Waals surface area contributed by atoms with Gasteiger partial charge >= 0.3 is 6.09 Å². The fourth-order valence-electron chi connectivity index (χ4n) is 2.84. The van der Waals surface area contributed by atoms with E-state index in [4.69, 9.17) is 14.2 Å². The Balaban J connectivity index is 0.00000392. The van der Waals surface area contributed by atoms with Crippen LogP contribution in [-0.2, 0) is 9.53 Å². The van der Waals surface area contributed by atoms with Crippen LogP contribution < -0.4 is 27.2 Å². The molecule has 2 rings (SSSR count). The molecule has 8 nitrogen and oxygen atoms in total. The third kappa shape index (κ3) is 7.09. The van der Waals surface area contributed by atoms with Gasteiger partial charge < -0.3 is 36.8 Å². The zero-order valence-electron chi connectivity index (χ0n) is 16.7. The number of nitrogens with zero attached hydrogens (tertiary/aromatic N) is 2. The summed E-state index contributed by atoms with van der Waals surface area (Å²) in [5.41, 5.74) is 0.595. The number of nitrogens with one attached hydrogen (secondary N) is 1. The zero-order valence-corrected chi connectivity index (χ0v) is 17.5. The van der Waals surface area contributed by atoms with Crippen molar-refractivity contribution in [3.8, 4) is 11.5 Å². The van der Waals surface area contributed by atoms with Crippen LogP contribution in [0, 0.1) is 0 Å². The molecule has 0 unspecified atom stereocenters. The first kappa shape index (κ1) is 23.8. The smallest absolute Gasteiger partial charge is 0.409 e. The van der Waals surface area contributed by atoms with Crippen molar-refractivity contribution in [2.24, 2.45) is 0 Å². The molecule has 0 atom stereocenters. The van der Waals surface area contributed by atoms with E-state index >= 15 is 0 Å². The van der Waals surface area contributed by atoms with Crippen molar-refractivity contribution in [1.82, 2.24) is 9.80 Å². The number of amides is 2. The summed E-state index contributed by atoms with van der Waals surface area (Å²) in [5, 5.41) is 2.90. The predicted molar refractivity (Wildman–Crippen MR) is 102 cm³/mol. The second-order valence-corrected chi connectivity index (χ2v) is 6.03. The number of rotatable bonds is 8. The Labute approximate surface area is 172 Å². The van der Waals surface area contributed by atoms with Crippen LogP contribution >= 0.6 is 0 Å². The molecular weight excluding hydrogens is 386 g/mol. The summed E-state index contributed by atoms with van der Waals surface area (Å²) in [6, 6.07) is 5.38. The zero-order chi connectivity index (χ0) is 19.6. The molecule has 1 aliphatic rings. The quantitative estimate of drug-likeness (QED) is 0.600. The van der Waals surface area contributed by atoms with Gasteiger partial charge in [-0.2, -0.15) is 0 Å². The topological polar surface area (TPSA) is 80.3 Å². The van der Waals surface area contributed by atoms with Crippen LogP contribution in [0.3, 0.4) is 0 Å². The van der Waals surface area contributed by atoms with Crippen LogP contribution in [0.25, 0.3) is 0 Å². The number of carbonyl (C=O) groups excluding carboxylic acids is 2. The van der Waals surface area contributed by atoms with E-state index in [0.29, 0.717) is 63.2 Å². The number of piperazine rings is 1. The van der Waals surface area contributed by atoms with Crippen molar-refractivity contribution >= 4 is 17.7 Å². The lowest BCUT2D eigenvalue weighted by atomic mass is 10.2. The van der Waals surface area contributed by atoms with Crippen LogP contribution in [-0.4, -0.2) is 74.3 Å². The molecule has 1 fully saturated rings. The Hall–Kier alpha value is -2.19. The van der Waals surface area contributed by atoms with Crippen LogP contribution in [0.1, 0.15) is 20.8 Å². The number of ether oxygens (including phenoxy) is 3. The molecule has 9 heteroatoms. The van der Waals surface area contributed by atoms with E-state index in [1.54, 1.807) is 24.0 Å². The highest BCUT2D eigenvalue weighted by atomic mass is 35.5. The standard InChI is InChI=1S/C19H29N3O5.ClH/c1-4-25-15-7-8-17(26-5-2)16(13-15)20-18(23)14-21-9-11-22(12-10-21)19(24)27-6-3;/h7-8,13H,4-6,9-12,14H2,1-3H3,(H,20,23);1H/p-1. The van der Waals surface area contributed by atoms with Crippen LogP contribution in [0.4, 0.5) is 10.5 Å². The molecule has 1 N–H and O–H groups in total. The molecule has 1 aliphatic heterocycles. The first-order valence-corrected chi connectivity index (χ1v) is 9.40. The van der Waals surface area contributed by atoms with Crippen molar-refractivity contribution in [3.63, 3.8) is 0 Å². The van der Waals surface area contributed by atoms with E-state index < -0.39 is 0 Å². The molecule has 1 aromatic carbocycles. The molecule has 158 valence electrons. The van der Waals surface area contributed by atoms with Crippen LogP contribution in [0.5, 0.6) is 11.5 Å². The van der Waals surface area contributed by atoms with Gasteiger partial charge in [-0.1, -0.05) is 0 Å². The SMILES string of the molecule is CCOC(=O)N1CCN(CC(=O)Nc2cc(OCC)ccc2OCC)CC1.[Cl-]. The Bertz CT molecular complexity index is 636. The van der Waals surface area contributed by atoms with Crippen molar-refractivity contribution in [3.05, 3.63) is 18.2 Å². The highest BCUT2D eigenvalue weighted by molar-refractivity contribution is 5.94. The second kappa shape index (κ2) is 12.3. The van der Waals surface area contributed by atoms with Crippen molar-refractivity contribution < 1.29 is 36.2 Å². The van der Waals surface area contributed by atoms with E-state index in [2.05, 4.69) is 5.32 Å². The molecule has 0 spiro atoms. The van der Waals surface area contributed by atoms with Gasteiger partial charge in [-0.15, -0.1) is 0 Å². The Kier molecular flexibility index (Phi) is 10.5. The number of anilines is 1. The second-order valence-electron chi connectivity index (χ2n) is 6.03. The lowest BCUT2D eigenvalue weighted by molar-refractivity contribution is -0.117. The molecule has 1 heterocycles. The number of benzene rings is 1. The summed E-state index contributed by atoms with van der Waals surface area (Å²) < 4.78 is 16.1. The normalized spacial score (nSPS) is 14.0. The van der Waals surface area contributed by atoms with Gasteiger partial charge in [0, 0.05) is 32.2 Å². The Morgan fingerprint density at radius 2 is 1.68 bits per heavy atom. The van der Waals surface area contributed by atoms with Gasteiger partial charge in [0.1, 0.15) is 11.5 Å². The fraction of sp³-hybridized carbons (Fsp3) is 0.579. The van der Waals surface area contributed by atoms with Crippen LogP contribution in [0.15, 0.2) is 18.2 Å². The summed E-state index contributed by atoms with van der Waals surface area (Å²) in [7, 11) is 0. The van der Waals surface area contributed by atoms with Gasteiger partial charge in [-0.25, -0.2) is 4.79 Å². The summed E-state index contributed by atoms with van der Waals surface area (Å²) in [6.45, 7) is 9.62. The van der Waals surface area contributed by atoms with Crippen molar-refractivity contribution in [2.45, 2.75) is 20.8 Å². The Morgan fingerprint density at radius 1 is 1.00 bits per heavy atom. The largest absolute Gasteiger partial charge is 1.00 e. The molecule has 1 aromatic rings. The van der Waals surface area contributed by atoms with Gasteiger partial charge in [-0.3, -0.25) is 9.69 Å². The summed E-state index contributed by atoms with van der Waals surface area (Å²) in [6.07, 6.45) is -0.296. The van der Waals surface area contributed by atoms with E-state index in [1.807, 2.05) is 24.8 Å². The van der Waals surface area contributed by atoms with Gasteiger partial charge in [-0.05, 0) is 32.9 Å². The lowest BCUT2D eigenvalue weighted by Gasteiger charge is -2.33. The summed E-state index contributed by atoms with van der Waals surface area (Å²) in [5.74, 6) is 1.16. The maximum atomic E-state index is 12.5. The number of carbonyl (C=O) groups is 2. The van der Waals surface area contributed by atoms with Gasteiger partial charge in [0.2, 0.25) is 5.91 Å². The highest BCUT2D eigenvalue weighted by Crippen LogP contribution is 2.29. The third-order valence-electron chi connectivity index (χ3n) is 4.10. The molecule has 0 radical (unpaired) electrons. The minimum atomic E-state index is -0.296. The average Bonchev–Trinajstić information content (AvgIpc) is 2.65.